The van der Waals surface area contributed by atoms with E-state index in [-0.39, 0.29) is 0 Å². The predicted molar refractivity (Wildman–Crippen MR) is 63.1 cm³/mol. The van der Waals surface area contributed by atoms with Crippen LogP contribution in [0.15, 0.2) is 18.5 Å². The molecule has 0 spiro atoms. The molecule has 5 heteroatoms. The summed E-state index contributed by atoms with van der Waals surface area (Å²) in [4.78, 5) is 8.47. The largest absolute Gasteiger partial charge is 0.366 e. The molecule has 2 heterocycles. The molecular formula is C11H15N5. The summed E-state index contributed by atoms with van der Waals surface area (Å²) in [5, 5.41) is 10.3. The Morgan fingerprint density at radius 1 is 1.25 bits per heavy atom. The van der Waals surface area contributed by atoms with Crippen molar-refractivity contribution < 1.29 is 0 Å². The van der Waals surface area contributed by atoms with Gasteiger partial charge in [0, 0.05) is 24.5 Å². The number of nitrogens with one attached hydrogen (secondary N) is 2. The second-order valence-corrected chi connectivity index (χ2v) is 3.96. The summed E-state index contributed by atoms with van der Waals surface area (Å²) in [5.74, 6) is 0.829. The van der Waals surface area contributed by atoms with E-state index < -0.39 is 0 Å². The normalized spacial score (nSPS) is 10.8. The summed E-state index contributed by atoms with van der Waals surface area (Å²) in [6.07, 6.45) is 3.36. The van der Waals surface area contributed by atoms with E-state index in [4.69, 9.17) is 0 Å². The number of hydrogen-bond acceptors (Lipinski definition) is 4. The summed E-state index contributed by atoms with van der Waals surface area (Å²) in [6.45, 7) is 6.07. The topological polar surface area (TPSA) is 66.5 Å². The molecule has 0 radical (unpaired) electrons. The fourth-order valence-corrected chi connectivity index (χ4v) is 1.48. The fraction of sp³-hybridized carbons (Fsp3) is 0.364. The van der Waals surface area contributed by atoms with E-state index >= 15 is 0 Å². The molecule has 0 atom stereocenters. The zero-order valence-electron chi connectivity index (χ0n) is 9.65. The Kier molecular flexibility index (Phi) is 2.85. The van der Waals surface area contributed by atoms with Gasteiger partial charge in [0.15, 0.2) is 0 Å². The zero-order valence-corrected chi connectivity index (χ0v) is 9.65. The average molecular weight is 217 g/mol. The third-order valence-corrected chi connectivity index (χ3v) is 2.15. The predicted octanol–water partition coefficient (Wildman–Crippen LogP) is 2.00. The number of hydrogen-bond donors (Lipinski definition) is 2. The highest BCUT2D eigenvalue weighted by molar-refractivity contribution is 5.60. The molecule has 5 nitrogen and oxygen atoms in total. The molecular weight excluding hydrogens is 202 g/mol. The summed E-state index contributed by atoms with van der Waals surface area (Å²) in [6, 6.07) is 2.30. The third kappa shape index (κ3) is 2.18. The van der Waals surface area contributed by atoms with Gasteiger partial charge < -0.3 is 5.32 Å². The molecule has 0 amide bonds. The van der Waals surface area contributed by atoms with Crippen molar-refractivity contribution in [2.24, 2.45) is 0 Å². The summed E-state index contributed by atoms with van der Waals surface area (Å²) < 4.78 is 0. The Labute approximate surface area is 94.3 Å². The molecule has 2 aromatic rings. The lowest BCUT2D eigenvalue weighted by molar-refractivity contribution is 0.884. The number of rotatable bonds is 3. The summed E-state index contributed by atoms with van der Waals surface area (Å²) >= 11 is 0. The highest BCUT2D eigenvalue weighted by atomic mass is 15.2. The molecule has 0 aliphatic carbocycles. The van der Waals surface area contributed by atoms with E-state index in [0.29, 0.717) is 6.04 Å². The quantitative estimate of drug-likeness (QED) is 0.825. The molecule has 84 valence electrons. The van der Waals surface area contributed by atoms with Crippen molar-refractivity contribution in [3.05, 3.63) is 24.2 Å². The number of H-pyrrole nitrogens is 1. The van der Waals surface area contributed by atoms with Gasteiger partial charge in [0.25, 0.3) is 0 Å². The van der Waals surface area contributed by atoms with Gasteiger partial charge >= 0.3 is 0 Å². The van der Waals surface area contributed by atoms with E-state index in [0.717, 1.165) is 22.9 Å². The minimum atomic E-state index is 0.360. The Morgan fingerprint density at radius 3 is 2.69 bits per heavy atom. The van der Waals surface area contributed by atoms with Crippen LogP contribution in [0.3, 0.4) is 0 Å². The van der Waals surface area contributed by atoms with E-state index in [2.05, 4.69) is 39.3 Å². The van der Waals surface area contributed by atoms with Crippen molar-refractivity contribution in [3.8, 4) is 11.4 Å². The second-order valence-electron chi connectivity index (χ2n) is 3.96. The van der Waals surface area contributed by atoms with Gasteiger partial charge in [0.1, 0.15) is 11.5 Å². The molecule has 2 rings (SSSR count). The van der Waals surface area contributed by atoms with Crippen LogP contribution < -0.4 is 5.32 Å². The number of aromatic amines is 1. The summed E-state index contributed by atoms with van der Waals surface area (Å²) in [7, 11) is 0. The van der Waals surface area contributed by atoms with Crippen LogP contribution in [0.5, 0.6) is 0 Å². The van der Waals surface area contributed by atoms with Crippen LogP contribution in [0.2, 0.25) is 0 Å². The number of aromatic nitrogens is 4. The van der Waals surface area contributed by atoms with Gasteiger partial charge in [-0.15, -0.1) is 0 Å². The van der Waals surface area contributed by atoms with Crippen LogP contribution in [0.4, 0.5) is 5.82 Å². The van der Waals surface area contributed by atoms with Gasteiger partial charge in [-0.05, 0) is 20.8 Å². The van der Waals surface area contributed by atoms with Crippen LogP contribution in [0.1, 0.15) is 19.5 Å². The zero-order chi connectivity index (χ0) is 11.5. The Balaban J connectivity index is 2.28. The van der Waals surface area contributed by atoms with Crippen molar-refractivity contribution in [2.45, 2.75) is 26.8 Å². The van der Waals surface area contributed by atoms with E-state index in [1.807, 2.05) is 13.0 Å². The van der Waals surface area contributed by atoms with Crippen molar-refractivity contribution in [3.63, 3.8) is 0 Å². The van der Waals surface area contributed by atoms with Crippen molar-refractivity contribution in [1.29, 1.82) is 0 Å². The second kappa shape index (κ2) is 4.30. The van der Waals surface area contributed by atoms with Crippen molar-refractivity contribution in [1.82, 2.24) is 20.2 Å². The number of anilines is 1. The van der Waals surface area contributed by atoms with Gasteiger partial charge in [0.2, 0.25) is 0 Å². The minimum absolute atomic E-state index is 0.360. The van der Waals surface area contributed by atoms with Crippen molar-refractivity contribution in [2.75, 3.05) is 5.32 Å². The number of nitrogens with zero attached hydrogens (tertiary/aromatic N) is 3. The smallest absolute Gasteiger partial charge is 0.148 e. The molecule has 0 saturated carbocycles. The Morgan fingerprint density at radius 2 is 2.00 bits per heavy atom. The minimum Gasteiger partial charge on any atom is -0.366 e. The SMILES string of the molecule is Cc1nccnc1-c1cc(NC(C)C)n[nH]1. The molecule has 0 aliphatic heterocycles. The molecule has 0 aliphatic rings. The highest BCUT2D eigenvalue weighted by Gasteiger charge is 2.08. The first kappa shape index (κ1) is 10.6. The molecule has 0 bridgehead atoms. The van der Waals surface area contributed by atoms with Gasteiger partial charge in [-0.1, -0.05) is 0 Å². The first-order valence-corrected chi connectivity index (χ1v) is 5.26. The van der Waals surface area contributed by atoms with Gasteiger partial charge in [-0.2, -0.15) is 5.10 Å². The van der Waals surface area contributed by atoms with Gasteiger partial charge in [-0.25, -0.2) is 0 Å². The fourth-order valence-electron chi connectivity index (χ4n) is 1.48. The lowest BCUT2D eigenvalue weighted by Gasteiger charge is -2.04. The highest BCUT2D eigenvalue weighted by Crippen LogP contribution is 2.19. The van der Waals surface area contributed by atoms with E-state index in [1.165, 1.54) is 0 Å². The first-order valence-electron chi connectivity index (χ1n) is 5.26. The van der Waals surface area contributed by atoms with Crippen LogP contribution >= 0.6 is 0 Å². The molecule has 0 unspecified atom stereocenters. The molecule has 0 aromatic carbocycles. The molecule has 0 saturated heterocycles. The maximum atomic E-state index is 4.28. The lowest BCUT2D eigenvalue weighted by Crippen LogP contribution is -2.09. The van der Waals surface area contributed by atoms with Crippen LogP contribution in [0.25, 0.3) is 11.4 Å². The number of aryl methyl sites for hydroxylation is 1. The third-order valence-electron chi connectivity index (χ3n) is 2.15. The Bertz CT molecular complexity index is 475. The molecule has 2 N–H and O–H groups in total. The van der Waals surface area contributed by atoms with Crippen LogP contribution in [-0.4, -0.2) is 26.2 Å². The average Bonchev–Trinajstić information content (AvgIpc) is 2.66. The molecule has 0 fully saturated rings. The van der Waals surface area contributed by atoms with Crippen LogP contribution in [-0.2, 0) is 0 Å². The van der Waals surface area contributed by atoms with Crippen LogP contribution in [0, 0.1) is 6.92 Å². The van der Waals surface area contributed by atoms with Gasteiger partial charge in [0.05, 0.1) is 11.4 Å². The van der Waals surface area contributed by atoms with E-state index in [1.54, 1.807) is 12.4 Å². The molecule has 2 aromatic heterocycles. The van der Waals surface area contributed by atoms with Crippen molar-refractivity contribution >= 4 is 5.82 Å². The lowest BCUT2D eigenvalue weighted by atomic mass is 10.2. The monoisotopic (exact) mass is 217 g/mol. The standard InChI is InChI=1S/C11H15N5/c1-7(2)14-10-6-9(15-16-10)11-8(3)12-4-5-13-11/h4-7H,1-3H3,(H2,14,15,16). The summed E-state index contributed by atoms with van der Waals surface area (Å²) in [5.41, 5.74) is 2.61. The maximum absolute atomic E-state index is 4.28. The first-order chi connectivity index (χ1) is 7.66. The Hall–Kier alpha value is -1.91. The maximum Gasteiger partial charge on any atom is 0.148 e. The molecule has 16 heavy (non-hydrogen) atoms. The van der Waals surface area contributed by atoms with E-state index in [9.17, 15) is 0 Å². The van der Waals surface area contributed by atoms with Gasteiger partial charge in [-0.3, -0.25) is 15.1 Å².